The highest BCUT2D eigenvalue weighted by molar-refractivity contribution is 6.05. The van der Waals surface area contributed by atoms with Gasteiger partial charge in [0.25, 0.3) is 5.91 Å². The highest BCUT2D eigenvalue weighted by Crippen LogP contribution is 2.23. The summed E-state index contributed by atoms with van der Waals surface area (Å²) in [5, 5.41) is 12.5. The van der Waals surface area contributed by atoms with Gasteiger partial charge in [0.15, 0.2) is 0 Å². The van der Waals surface area contributed by atoms with E-state index in [0.29, 0.717) is 16.9 Å². The van der Waals surface area contributed by atoms with Gasteiger partial charge in [0.1, 0.15) is 11.4 Å². The molecule has 0 radical (unpaired) electrons. The summed E-state index contributed by atoms with van der Waals surface area (Å²) in [6.45, 7) is 0. The Morgan fingerprint density at radius 3 is 2.56 bits per heavy atom. The van der Waals surface area contributed by atoms with Crippen molar-refractivity contribution >= 4 is 17.2 Å². The summed E-state index contributed by atoms with van der Waals surface area (Å²) in [5.74, 6) is -0.266. The molecule has 4 aromatic rings. The van der Waals surface area contributed by atoms with E-state index in [1.165, 1.54) is 6.07 Å². The minimum absolute atomic E-state index is 0.0316. The number of anilines is 1. The molecule has 0 aliphatic rings. The van der Waals surface area contributed by atoms with Gasteiger partial charge in [-0.05, 0) is 24.3 Å². The van der Waals surface area contributed by atoms with Crippen LogP contribution in [0, 0.1) is 0 Å². The van der Waals surface area contributed by atoms with Crippen LogP contribution in [-0.4, -0.2) is 20.4 Å². The molecule has 2 N–H and O–H groups in total. The molecule has 0 saturated carbocycles. The number of phenolic OH excluding ortho intramolecular Hbond substituents is 1. The average Bonchev–Trinajstić information content (AvgIpc) is 3.07. The number of carbonyl (C=O) groups excluding carboxylic acids is 1. The summed E-state index contributed by atoms with van der Waals surface area (Å²) >= 11 is 0. The molecule has 0 aliphatic carbocycles. The van der Waals surface area contributed by atoms with E-state index in [2.05, 4.69) is 10.3 Å². The Kier molecular flexibility index (Phi) is 3.67. The van der Waals surface area contributed by atoms with Gasteiger partial charge in [-0.3, -0.25) is 4.79 Å². The Balaban J connectivity index is 1.65. The Hall–Kier alpha value is -3.60. The van der Waals surface area contributed by atoms with Gasteiger partial charge in [0, 0.05) is 23.5 Å². The first kappa shape index (κ1) is 15.0. The number of carbonyl (C=O) groups is 1. The molecular formula is C20H15N3O2. The zero-order chi connectivity index (χ0) is 17.2. The van der Waals surface area contributed by atoms with Gasteiger partial charge in [-0.1, -0.05) is 42.5 Å². The maximum Gasteiger partial charge on any atom is 0.255 e. The number of para-hydroxylation sites is 2. The summed E-state index contributed by atoms with van der Waals surface area (Å²) in [6, 6.07) is 19.9. The Labute approximate surface area is 144 Å². The fourth-order valence-corrected chi connectivity index (χ4v) is 2.64. The number of imidazole rings is 1. The monoisotopic (exact) mass is 329 g/mol. The maximum atomic E-state index is 12.4. The topological polar surface area (TPSA) is 66.6 Å². The van der Waals surface area contributed by atoms with E-state index < -0.39 is 0 Å². The Morgan fingerprint density at radius 2 is 1.76 bits per heavy atom. The largest absolute Gasteiger partial charge is 0.506 e. The molecule has 25 heavy (non-hydrogen) atoms. The number of aromatic hydroxyl groups is 1. The third kappa shape index (κ3) is 2.95. The van der Waals surface area contributed by atoms with Gasteiger partial charge in [-0.25, -0.2) is 4.98 Å². The quantitative estimate of drug-likeness (QED) is 0.559. The summed E-state index contributed by atoms with van der Waals surface area (Å²) in [7, 11) is 0. The molecule has 0 spiro atoms. The van der Waals surface area contributed by atoms with Crippen molar-refractivity contribution in [2.24, 2.45) is 0 Å². The predicted octanol–water partition coefficient (Wildman–Crippen LogP) is 3.96. The number of pyridine rings is 1. The fraction of sp³-hybridized carbons (Fsp3) is 0. The van der Waals surface area contributed by atoms with Gasteiger partial charge >= 0.3 is 0 Å². The van der Waals surface area contributed by atoms with Crippen molar-refractivity contribution in [3.63, 3.8) is 0 Å². The number of phenols is 1. The molecule has 1 amide bonds. The lowest BCUT2D eigenvalue weighted by Gasteiger charge is -2.07. The van der Waals surface area contributed by atoms with Crippen LogP contribution in [0.1, 0.15) is 10.4 Å². The molecule has 5 nitrogen and oxygen atoms in total. The third-order valence-corrected chi connectivity index (χ3v) is 3.94. The molecule has 0 atom stereocenters. The number of rotatable bonds is 3. The van der Waals surface area contributed by atoms with Crippen LogP contribution in [0.25, 0.3) is 16.9 Å². The smallest absolute Gasteiger partial charge is 0.255 e. The number of nitrogens with one attached hydrogen (secondary N) is 1. The van der Waals surface area contributed by atoms with Crippen molar-refractivity contribution in [3.05, 3.63) is 84.7 Å². The number of fused-ring (bicyclic) bond motifs is 1. The van der Waals surface area contributed by atoms with Crippen LogP contribution in [0.2, 0.25) is 0 Å². The number of hydrogen-bond acceptors (Lipinski definition) is 3. The predicted molar refractivity (Wildman–Crippen MR) is 96.7 cm³/mol. The number of benzene rings is 2. The highest BCUT2D eigenvalue weighted by atomic mass is 16.3. The number of hydrogen-bond donors (Lipinski definition) is 2. The number of nitrogens with zero attached hydrogens (tertiary/aromatic N) is 2. The third-order valence-electron chi connectivity index (χ3n) is 3.94. The fourth-order valence-electron chi connectivity index (χ4n) is 2.64. The van der Waals surface area contributed by atoms with E-state index in [-0.39, 0.29) is 11.7 Å². The SMILES string of the molecule is O=C(Nc1ccccc1O)c1ccn2cc(-c3ccccc3)nc2c1. The summed E-state index contributed by atoms with van der Waals surface area (Å²) in [5.41, 5.74) is 3.40. The first-order valence-corrected chi connectivity index (χ1v) is 7.84. The van der Waals surface area contributed by atoms with Gasteiger partial charge in [-0.2, -0.15) is 0 Å². The van der Waals surface area contributed by atoms with Crippen molar-refractivity contribution in [3.8, 4) is 17.0 Å². The molecule has 0 fully saturated rings. The summed E-state index contributed by atoms with van der Waals surface area (Å²) in [4.78, 5) is 17.0. The molecular weight excluding hydrogens is 314 g/mol. The lowest BCUT2D eigenvalue weighted by molar-refractivity contribution is 0.102. The van der Waals surface area contributed by atoms with Crippen LogP contribution in [0.15, 0.2) is 79.1 Å². The second-order valence-electron chi connectivity index (χ2n) is 5.64. The molecule has 2 aromatic heterocycles. The van der Waals surface area contributed by atoms with E-state index in [9.17, 15) is 9.90 Å². The van der Waals surface area contributed by atoms with Crippen molar-refractivity contribution in [1.82, 2.24) is 9.38 Å². The minimum atomic E-state index is -0.298. The normalized spacial score (nSPS) is 10.7. The summed E-state index contributed by atoms with van der Waals surface area (Å²) in [6.07, 6.45) is 3.73. The zero-order valence-corrected chi connectivity index (χ0v) is 13.3. The van der Waals surface area contributed by atoms with E-state index >= 15 is 0 Å². The Morgan fingerprint density at radius 1 is 1.00 bits per heavy atom. The van der Waals surface area contributed by atoms with Crippen molar-refractivity contribution < 1.29 is 9.90 Å². The van der Waals surface area contributed by atoms with Crippen molar-refractivity contribution in [2.45, 2.75) is 0 Å². The maximum absolute atomic E-state index is 12.4. The van der Waals surface area contributed by atoms with Gasteiger partial charge in [-0.15, -0.1) is 0 Å². The molecule has 122 valence electrons. The molecule has 0 unspecified atom stereocenters. The number of amides is 1. The van der Waals surface area contributed by atoms with Crippen molar-refractivity contribution in [1.29, 1.82) is 0 Å². The number of aromatic nitrogens is 2. The first-order valence-electron chi connectivity index (χ1n) is 7.84. The first-order chi connectivity index (χ1) is 12.2. The van der Waals surface area contributed by atoms with E-state index in [1.807, 2.05) is 40.9 Å². The molecule has 2 heterocycles. The van der Waals surface area contributed by atoms with Gasteiger partial charge in [0.2, 0.25) is 0 Å². The molecule has 0 aliphatic heterocycles. The second kappa shape index (κ2) is 6.13. The molecule has 0 saturated heterocycles. The van der Waals surface area contributed by atoms with E-state index in [0.717, 1.165) is 11.3 Å². The van der Waals surface area contributed by atoms with Crippen LogP contribution in [0.4, 0.5) is 5.69 Å². The van der Waals surface area contributed by atoms with E-state index in [1.54, 1.807) is 36.5 Å². The zero-order valence-electron chi connectivity index (χ0n) is 13.3. The van der Waals surface area contributed by atoms with Gasteiger partial charge in [0.05, 0.1) is 11.4 Å². The molecule has 4 rings (SSSR count). The van der Waals surface area contributed by atoms with Crippen LogP contribution in [0.5, 0.6) is 5.75 Å². The van der Waals surface area contributed by atoms with Gasteiger partial charge < -0.3 is 14.8 Å². The highest BCUT2D eigenvalue weighted by Gasteiger charge is 2.11. The van der Waals surface area contributed by atoms with E-state index in [4.69, 9.17) is 0 Å². The molecule has 2 aromatic carbocycles. The Bertz CT molecular complexity index is 1050. The van der Waals surface area contributed by atoms with Crippen LogP contribution >= 0.6 is 0 Å². The molecule has 0 bridgehead atoms. The second-order valence-corrected chi connectivity index (χ2v) is 5.64. The van der Waals surface area contributed by atoms with Crippen LogP contribution in [0.3, 0.4) is 0 Å². The lowest BCUT2D eigenvalue weighted by atomic mass is 10.2. The molecule has 5 heteroatoms. The van der Waals surface area contributed by atoms with Crippen LogP contribution < -0.4 is 5.32 Å². The standard InChI is InChI=1S/C20H15N3O2/c24-18-9-5-4-8-16(18)22-20(25)15-10-11-23-13-17(21-19(23)12-15)14-6-2-1-3-7-14/h1-13,24H,(H,22,25). The average molecular weight is 329 g/mol. The lowest BCUT2D eigenvalue weighted by Crippen LogP contribution is -2.12. The van der Waals surface area contributed by atoms with Crippen molar-refractivity contribution in [2.75, 3.05) is 5.32 Å². The van der Waals surface area contributed by atoms with Crippen LogP contribution in [-0.2, 0) is 0 Å². The summed E-state index contributed by atoms with van der Waals surface area (Å²) < 4.78 is 1.87. The minimum Gasteiger partial charge on any atom is -0.506 e.